The number of pyridine rings is 1. The summed E-state index contributed by atoms with van der Waals surface area (Å²) < 4.78 is 41.4. The Labute approximate surface area is 119 Å². The van der Waals surface area contributed by atoms with E-state index < -0.39 is 17.7 Å². The first-order valence-corrected chi connectivity index (χ1v) is 6.50. The average Bonchev–Trinajstić information content (AvgIpc) is 2.67. The lowest BCUT2D eigenvalue weighted by Gasteiger charge is -2.20. The molecule has 1 aromatic heterocycles. The molecule has 0 aliphatic carbocycles. The number of anilines is 2. The first-order chi connectivity index (χ1) is 9.79. The van der Waals surface area contributed by atoms with Gasteiger partial charge in [-0.15, -0.1) is 0 Å². The number of alkyl halides is 2. The fraction of sp³-hybridized carbons (Fsp3) is 0.357. The molecular formula is C14H15F3N4. The zero-order valence-electron chi connectivity index (χ0n) is 11.4. The molecule has 0 amide bonds. The molecule has 3 rings (SSSR count). The zero-order valence-corrected chi connectivity index (χ0v) is 11.4. The number of nitrogen functional groups attached to an aromatic ring is 2. The largest absolute Gasteiger partial charge is 0.396 e. The number of fused-ring (bicyclic) bond motifs is 1. The van der Waals surface area contributed by atoms with Crippen LogP contribution in [0.15, 0.2) is 18.2 Å². The standard InChI is InChI=1S/C14H15F3N4/c1-21-5-9(14(16,17)6-21)13-12(19)11(18)8-4-7(15)2-3-10(8)20-13/h2-4,9H,5-6,19H2,1H3,(H2,18,20). The highest BCUT2D eigenvalue weighted by atomic mass is 19.3. The van der Waals surface area contributed by atoms with Crippen molar-refractivity contribution in [3.8, 4) is 0 Å². The lowest BCUT2D eigenvalue weighted by molar-refractivity contribution is -0.00188. The number of benzene rings is 1. The molecule has 2 aromatic rings. The lowest BCUT2D eigenvalue weighted by atomic mass is 9.97. The van der Waals surface area contributed by atoms with Crippen LogP contribution in [-0.2, 0) is 0 Å². The van der Waals surface area contributed by atoms with Crippen molar-refractivity contribution in [2.45, 2.75) is 11.8 Å². The van der Waals surface area contributed by atoms with Gasteiger partial charge in [0.25, 0.3) is 5.92 Å². The van der Waals surface area contributed by atoms with E-state index in [0.717, 1.165) is 0 Å². The second-order valence-electron chi connectivity index (χ2n) is 5.50. The topological polar surface area (TPSA) is 68.2 Å². The molecule has 1 aliphatic rings. The molecule has 0 spiro atoms. The molecule has 112 valence electrons. The fourth-order valence-electron chi connectivity index (χ4n) is 2.83. The number of rotatable bonds is 1. The number of likely N-dealkylation sites (tertiary alicyclic amines) is 1. The summed E-state index contributed by atoms with van der Waals surface area (Å²) >= 11 is 0. The van der Waals surface area contributed by atoms with Gasteiger partial charge in [0.1, 0.15) is 5.82 Å². The van der Waals surface area contributed by atoms with Gasteiger partial charge < -0.3 is 11.5 Å². The van der Waals surface area contributed by atoms with E-state index in [0.29, 0.717) is 10.9 Å². The van der Waals surface area contributed by atoms with Crippen LogP contribution in [0.1, 0.15) is 11.6 Å². The highest BCUT2D eigenvalue weighted by molar-refractivity contribution is 5.96. The zero-order chi connectivity index (χ0) is 15.4. The molecule has 7 heteroatoms. The van der Waals surface area contributed by atoms with E-state index in [4.69, 9.17) is 11.5 Å². The van der Waals surface area contributed by atoms with Gasteiger partial charge in [-0.2, -0.15) is 0 Å². The first kappa shape index (κ1) is 13.9. The van der Waals surface area contributed by atoms with Crippen molar-refractivity contribution in [1.82, 2.24) is 9.88 Å². The summed E-state index contributed by atoms with van der Waals surface area (Å²) in [4.78, 5) is 5.74. The predicted molar refractivity (Wildman–Crippen MR) is 75.7 cm³/mol. The van der Waals surface area contributed by atoms with Gasteiger partial charge in [-0.1, -0.05) is 0 Å². The number of aromatic nitrogens is 1. The Morgan fingerprint density at radius 1 is 1.29 bits per heavy atom. The van der Waals surface area contributed by atoms with Crippen molar-refractivity contribution < 1.29 is 13.2 Å². The van der Waals surface area contributed by atoms with E-state index >= 15 is 0 Å². The van der Waals surface area contributed by atoms with Crippen LogP contribution in [-0.4, -0.2) is 35.9 Å². The second kappa shape index (κ2) is 4.49. The monoisotopic (exact) mass is 296 g/mol. The maximum atomic E-state index is 14.1. The summed E-state index contributed by atoms with van der Waals surface area (Å²) in [5.41, 5.74) is 12.3. The number of halogens is 3. The van der Waals surface area contributed by atoms with Gasteiger partial charge in [0.2, 0.25) is 0 Å². The fourth-order valence-corrected chi connectivity index (χ4v) is 2.83. The summed E-state index contributed by atoms with van der Waals surface area (Å²) in [5.74, 6) is -4.51. The highest BCUT2D eigenvalue weighted by Crippen LogP contribution is 2.43. The molecule has 1 aliphatic heterocycles. The smallest absolute Gasteiger partial charge is 0.270 e. The van der Waals surface area contributed by atoms with Crippen LogP contribution < -0.4 is 11.5 Å². The van der Waals surface area contributed by atoms with Crippen molar-refractivity contribution in [3.63, 3.8) is 0 Å². The van der Waals surface area contributed by atoms with E-state index in [1.165, 1.54) is 23.1 Å². The summed E-state index contributed by atoms with van der Waals surface area (Å²) in [6, 6.07) is 3.84. The molecular weight excluding hydrogens is 281 g/mol. The van der Waals surface area contributed by atoms with Gasteiger partial charge in [-0.05, 0) is 25.2 Å². The average molecular weight is 296 g/mol. The number of nitrogens with zero attached hydrogens (tertiary/aromatic N) is 2. The molecule has 0 bridgehead atoms. The van der Waals surface area contributed by atoms with Gasteiger partial charge in [-0.3, -0.25) is 4.90 Å². The predicted octanol–water partition coefficient (Wildman–Crippen LogP) is 2.20. The van der Waals surface area contributed by atoms with Gasteiger partial charge >= 0.3 is 0 Å². The van der Waals surface area contributed by atoms with Crippen molar-refractivity contribution >= 4 is 22.3 Å². The van der Waals surface area contributed by atoms with Crippen LogP contribution >= 0.6 is 0 Å². The van der Waals surface area contributed by atoms with Crippen LogP contribution in [0.3, 0.4) is 0 Å². The molecule has 1 atom stereocenters. The van der Waals surface area contributed by atoms with Gasteiger partial charge in [-0.25, -0.2) is 18.2 Å². The molecule has 1 unspecified atom stereocenters. The third-order valence-electron chi connectivity index (χ3n) is 3.87. The normalized spacial score (nSPS) is 22.0. The van der Waals surface area contributed by atoms with Gasteiger partial charge in [0.05, 0.1) is 35.0 Å². The molecule has 1 aromatic carbocycles. The van der Waals surface area contributed by atoms with Crippen molar-refractivity contribution in [2.24, 2.45) is 0 Å². The van der Waals surface area contributed by atoms with Crippen molar-refractivity contribution in [2.75, 3.05) is 31.6 Å². The lowest BCUT2D eigenvalue weighted by Crippen LogP contribution is -2.27. The summed E-state index contributed by atoms with van der Waals surface area (Å²) in [6.07, 6.45) is 0. The maximum Gasteiger partial charge on any atom is 0.270 e. The van der Waals surface area contributed by atoms with E-state index in [1.54, 1.807) is 7.05 Å². The minimum atomic E-state index is -2.92. The number of likely N-dealkylation sites (N-methyl/N-ethyl adjacent to an activating group) is 1. The molecule has 21 heavy (non-hydrogen) atoms. The molecule has 0 saturated carbocycles. The summed E-state index contributed by atoms with van der Waals surface area (Å²) in [7, 11) is 1.61. The van der Waals surface area contributed by atoms with E-state index in [9.17, 15) is 13.2 Å². The van der Waals surface area contributed by atoms with E-state index in [1.807, 2.05) is 0 Å². The van der Waals surface area contributed by atoms with Crippen molar-refractivity contribution in [3.05, 3.63) is 29.7 Å². The van der Waals surface area contributed by atoms with Crippen LogP contribution in [0.25, 0.3) is 10.9 Å². The van der Waals surface area contributed by atoms with E-state index in [2.05, 4.69) is 4.98 Å². The third kappa shape index (κ3) is 2.17. The Bertz CT molecular complexity index is 717. The van der Waals surface area contributed by atoms with Gasteiger partial charge in [0.15, 0.2) is 0 Å². The Balaban J connectivity index is 2.20. The minimum Gasteiger partial charge on any atom is -0.396 e. The number of nitrogens with two attached hydrogens (primary N) is 2. The Morgan fingerprint density at radius 2 is 2.00 bits per heavy atom. The quantitative estimate of drug-likeness (QED) is 0.846. The minimum absolute atomic E-state index is 0.00748. The number of hydrogen-bond donors (Lipinski definition) is 2. The SMILES string of the molecule is CN1CC(c2nc3ccc(F)cc3c(N)c2N)C(F)(F)C1. The van der Waals surface area contributed by atoms with Crippen molar-refractivity contribution in [1.29, 1.82) is 0 Å². The van der Waals surface area contributed by atoms with Crippen LogP contribution in [0.5, 0.6) is 0 Å². The third-order valence-corrected chi connectivity index (χ3v) is 3.87. The Morgan fingerprint density at radius 3 is 2.62 bits per heavy atom. The summed E-state index contributed by atoms with van der Waals surface area (Å²) in [5, 5.41) is 0.339. The van der Waals surface area contributed by atoms with Crippen LogP contribution in [0, 0.1) is 5.82 Å². The molecule has 0 radical (unpaired) electrons. The Hall–Kier alpha value is -2.02. The summed E-state index contributed by atoms with van der Waals surface area (Å²) in [6.45, 7) is -0.198. The Kier molecular flexibility index (Phi) is 2.98. The van der Waals surface area contributed by atoms with Crippen LogP contribution in [0.4, 0.5) is 24.5 Å². The molecule has 4 nitrogen and oxygen atoms in total. The molecule has 1 fully saturated rings. The van der Waals surface area contributed by atoms with Crippen LogP contribution in [0.2, 0.25) is 0 Å². The highest BCUT2D eigenvalue weighted by Gasteiger charge is 2.49. The molecule has 1 saturated heterocycles. The molecule has 2 heterocycles. The van der Waals surface area contributed by atoms with Gasteiger partial charge in [0, 0.05) is 11.9 Å². The molecule has 4 N–H and O–H groups in total. The number of hydrogen-bond acceptors (Lipinski definition) is 4. The second-order valence-corrected chi connectivity index (χ2v) is 5.50. The van der Waals surface area contributed by atoms with E-state index in [-0.39, 0.29) is 30.2 Å². The maximum absolute atomic E-state index is 14.1. The first-order valence-electron chi connectivity index (χ1n) is 6.50.